The number of carbonyl (C=O) groups excluding carboxylic acids is 3. The van der Waals surface area contributed by atoms with Gasteiger partial charge in [0.1, 0.15) is 17.8 Å². The molecule has 4 rings (SSSR count). The van der Waals surface area contributed by atoms with Crippen LogP contribution in [0.4, 0.5) is 0 Å². The van der Waals surface area contributed by atoms with Gasteiger partial charge < -0.3 is 14.6 Å². The highest BCUT2D eigenvalue weighted by molar-refractivity contribution is 5.91. The maximum atomic E-state index is 13.2. The molecule has 6 heteroatoms. The topological polar surface area (TPSA) is 89.9 Å². The monoisotopic (exact) mass is 406 g/mol. The molecule has 162 valence electrons. The maximum Gasteiger partial charge on any atom is 0.302 e. The zero-order chi connectivity index (χ0) is 21.2. The van der Waals surface area contributed by atoms with Gasteiger partial charge in [-0.05, 0) is 49.4 Å². The standard InChI is InChI=1S/C23H34O6/c1-13(24)28-17-11-15-7-5-6-9-21(15,3)16-12-19(29-14(2)25)22(4)10-8-18(26)23(22,27)20(16)17/h15-17,19-20,27H,5-12H2,1-4H3/t15-,16+,17-,19+,20+,21+,22+,23-/m1/s1. The summed E-state index contributed by atoms with van der Waals surface area (Å²) in [6, 6.07) is 0. The first kappa shape index (κ1) is 20.8. The Morgan fingerprint density at radius 3 is 2.38 bits per heavy atom. The van der Waals surface area contributed by atoms with Gasteiger partial charge in [-0.15, -0.1) is 0 Å². The molecule has 6 nitrogen and oxygen atoms in total. The lowest BCUT2D eigenvalue weighted by Gasteiger charge is -2.64. The first-order chi connectivity index (χ1) is 13.5. The Morgan fingerprint density at radius 1 is 1.03 bits per heavy atom. The average Bonchev–Trinajstić information content (AvgIpc) is 2.87. The molecule has 0 aromatic heterocycles. The minimum absolute atomic E-state index is 0.0321. The van der Waals surface area contributed by atoms with Crippen molar-refractivity contribution in [3.8, 4) is 0 Å². The van der Waals surface area contributed by atoms with Crippen molar-refractivity contribution in [2.45, 2.75) is 96.9 Å². The maximum absolute atomic E-state index is 13.2. The summed E-state index contributed by atoms with van der Waals surface area (Å²) >= 11 is 0. The molecule has 4 aliphatic carbocycles. The lowest BCUT2D eigenvalue weighted by atomic mass is 9.42. The number of fused-ring (bicyclic) bond motifs is 5. The quantitative estimate of drug-likeness (QED) is 0.709. The van der Waals surface area contributed by atoms with Crippen LogP contribution >= 0.6 is 0 Å². The molecule has 0 aromatic carbocycles. The Bertz CT molecular complexity index is 733. The fourth-order valence-electron chi connectivity index (χ4n) is 7.63. The second kappa shape index (κ2) is 6.79. The fourth-order valence-corrected chi connectivity index (χ4v) is 7.63. The van der Waals surface area contributed by atoms with Crippen molar-refractivity contribution in [1.29, 1.82) is 0 Å². The molecule has 4 aliphatic rings. The number of hydrogen-bond acceptors (Lipinski definition) is 6. The van der Waals surface area contributed by atoms with Crippen molar-refractivity contribution in [2.24, 2.45) is 28.6 Å². The molecule has 4 fully saturated rings. The van der Waals surface area contributed by atoms with Gasteiger partial charge in [-0.1, -0.05) is 26.7 Å². The van der Waals surface area contributed by atoms with Gasteiger partial charge in [0.15, 0.2) is 5.78 Å². The molecule has 29 heavy (non-hydrogen) atoms. The highest BCUT2D eigenvalue weighted by Crippen LogP contribution is 2.67. The van der Waals surface area contributed by atoms with Crippen molar-refractivity contribution in [3.05, 3.63) is 0 Å². The Morgan fingerprint density at radius 2 is 1.72 bits per heavy atom. The van der Waals surface area contributed by atoms with Crippen molar-refractivity contribution >= 4 is 17.7 Å². The molecule has 0 spiro atoms. The normalized spacial score (nSPS) is 48.9. The highest BCUT2D eigenvalue weighted by Gasteiger charge is 2.74. The van der Waals surface area contributed by atoms with Crippen LogP contribution in [0.25, 0.3) is 0 Å². The van der Waals surface area contributed by atoms with Crippen LogP contribution in [0.5, 0.6) is 0 Å². The molecule has 1 N–H and O–H groups in total. The van der Waals surface area contributed by atoms with Crippen LogP contribution in [0.1, 0.15) is 79.1 Å². The van der Waals surface area contributed by atoms with Crippen LogP contribution in [0.2, 0.25) is 0 Å². The summed E-state index contributed by atoms with van der Waals surface area (Å²) in [4.78, 5) is 37.0. The van der Waals surface area contributed by atoms with Crippen LogP contribution in [0.15, 0.2) is 0 Å². The minimum Gasteiger partial charge on any atom is -0.462 e. The molecule has 0 aromatic rings. The number of aliphatic hydroxyl groups is 1. The van der Waals surface area contributed by atoms with Gasteiger partial charge >= 0.3 is 11.9 Å². The summed E-state index contributed by atoms with van der Waals surface area (Å²) < 4.78 is 11.5. The Kier molecular flexibility index (Phi) is 4.88. The molecule has 0 bridgehead atoms. The van der Waals surface area contributed by atoms with Crippen LogP contribution in [0, 0.1) is 28.6 Å². The summed E-state index contributed by atoms with van der Waals surface area (Å²) in [6.07, 6.45) is 5.44. The van der Waals surface area contributed by atoms with Crippen molar-refractivity contribution in [3.63, 3.8) is 0 Å². The van der Waals surface area contributed by atoms with E-state index in [9.17, 15) is 19.5 Å². The molecule has 0 saturated heterocycles. The molecule has 0 heterocycles. The third-order valence-corrected chi connectivity index (χ3v) is 9.10. The Hall–Kier alpha value is -1.43. The van der Waals surface area contributed by atoms with Gasteiger partial charge in [0.25, 0.3) is 0 Å². The van der Waals surface area contributed by atoms with Crippen LogP contribution < -0.4 is 0 Å². The molecule has 4 saturated carbocycles. The average molecular weight is 407 g/mol. The van der Waals surface area contributed by atoms with Gasteiger partial charge in [0.2, 0.25) is 0 Å². The summed E-state index contributed by atoms with van der Waals surface area (Å²) in [5, 5.41) is 12.1. The summed E-state index contributed by atoms with van der Waals surface area (Å²) in [7, 11) is 0. The number of carbonyl (C=O) groups is 3. The molecule has 0 aliphatic heterocycles. The zero-order valence-corrected chi connectivity index (χ0v) is 18.0. The van der Waals surface area contributed by atoms with Crippen molar-refractivity contribution in [1.82, 2.24) is 0 Å². The molecule has 0 radical (unpaired) electrons. The molecule has 0 unspecified atom stereocenters. The third-order valence-electron chi connectivity index (χ3n) is 9.10. The van der Waals surface area contributed by atoms with Crippen LogP contribution in [-0.4, -0.2) is 40.6 Å². The molecule has 0 amide bonds. The number of hydrogen-bond donors (Lipinski definition) is 1. The minimum atomic E-state index is -1.64. The van der Waals surface area contributed by atoms with Gasteiger partial charge in [0, 0.05) is 31.6 Å². The first-order valence-corrected chi connectivity index (χ1v) is 11.1. The van der Waals surface area contributed by atoms with Gasteiger partial charge in [-0.2, -0.15) is 0 Å². The van der Waals surface area contributed by atoms with E-state index in [4.69, 9.17) is 9.47 Å². The SMILES string of the molecule is CC(=O)O[C@H]1C[C@H]2[C@@H]([C@H](OC(C)=O)C[C@H]3CCCC[C@@]32C)[C@]2(O)C(=O)CC[C@@]12C. The summed E-state index contributed by atoms with van der Waals surface area (Å²) in [5.74, 6) is -1.04. The molecular weight excluding hydrogens is 372 g/mol. The number of Topliss-reactive ketones (excluding diaryl/α,β-unsaturated/α-hetero) is 1. The molecule has 8 atom stereocenters. The van der Waals surface area contributed by atoms with E-state index in [0.717, 1.165) is 25.7 Å². The lowest BCUT2D eigenvalue weighted by Crippen LogP contribution is -2.71. The first-order valence-electron chi connectivity index (χ1n) is 11.1. The van der Waals surface area contributed by atoms with E-state index in [-0.39, 0.29) is 35.5 Å². The number of ether oxygens (including phenoxy) is 2. The van der Waals surface area contributed by atoms with Gasteiger partial charge in [-0.3, -0.25) is 14.4 Å². The largest absolute Gasteiger partial charge is 0.462 e. The lowest BCUT2D eigenvalue weighted by molar-refractivity contribution is -0.260. The fraction of sp³-hybridized carbons (Fsp3) is 0.870. The predicted octanol–water partition coefficient (Wildman–Crippen LogP) is 3.19. The Balaban J connectivity index is 1.85. The van der Waals surface area contributed by atoms with Crippen molar-refractivity contribution in [2.75, 3.05) is 0 Å². The van der Waals surface area contributed by atoms with Gasteiger partial charge in [-0.25, -0.2) is 0 Å². The van der Waals surface area contributed by atoms with E-state index >= 15 is 0 Å². The van der Waals surface area contributed by atoms with E-state index in [0.29, 0.717) is 25.2 Å². The van der Waals surface area contributed by atoms with E-state index < -0.39 is 29.1 Å². The smallest absolute Gasteiger partial charge is 0.302 e. The molecular formula is C23H34O6. The Labute approximate surface area is 172 Å². The van der Waals surface area contributed by atoms with Crippen molar-refractivity contribution < 1.29 is 29.0 Å². The van der Waals surface area contributed by atoms with Gasteiger partial charge in [0.05, 0.1) is 0 Å². The van der Waals surface area contributed by atoms with E-state index in [1.807, 2.05) is 6.92 Å². The van der Waals surface area contributed by atoms with Crippen LogP contribution in [0.3, 0.4) is 0 Å². The number of rotatable bonds is 2. The summed E-state index contributed by atoms with van der Waals surface area (Å²) in [5.41, 5.74) is -2.55. The number of esters is 2. The van der Waals surface area contributed by atoms with E-state index in [2.05, 4.69) is 6.92 Å². The number of ketones is 1. The third kappa shape index (κ3) is 2.81. The van der Waals surface area contributed by atoms with E-state index in [1.54, 1.807) is 0 Å². The highest BCUT2D eigenvalue weighted by atomic mass is 16.6. The second-order valence-electron chi connectivity index (χ2n) is 10.4. The second-order valence-corrected chi connectivity index (χ2v) is 10.4. The zero-order valence-electron chi connectivity index (χ0n) is 18.0. The predicted molar refractivity (Wildman–Crippen MR) is 105 cm³/mol. The summed E-state index contributed by atoms with van der Waals surface area (Å²) in [6.45, 7) is 6.93. The van der Waals surface area contributed by atoms with Crippen LogP contribution in [-0.2, 0) is 23.9 Å². The van der Waals surface area contributed by atoms with E-state index in [1.165, 1.54) is 13.8 Å².